The monoisotopic (exact) mass is 482 g/mol. The summed E-state index contributed by atoms with van der Waals surface area (Å²) < 4.78 is 0. The maximum absolute atomic E-state index is 7.01. The Morgan fingerprint density at radius 2 is 1.32 bits per heavy atom. The highest BCUT2D eigenvalue weighted by Gasteiger charge is 2.31. The lowest BCUT2D eigenvalue weighted by Crippen LogP contribution is -2.23. The average molecular weight is 483 g/mol. The third kappa shape index (κ3) is 6.72. The van der Waals surface area contributed by atoms with Crippen molar-refractivity contribution in [2.24, 2.45) is 23.7 Å². The summed E-state index contributed by atoms with van der Waals surface area (Å²) in [5.74, 6) is 4.95. The van der Waals surface area contributed by atoms with Gasteiger partial charge in [-0.1, -0.05) is 107 Å². The molecule has 1 heteroatoms. The molecule has 0 nitrogen and oxygen atoms in total. The first-order valence-electron chi connectivity index (χ1n) is 15.1. The van der Waals surface area contributed by atoms with Gasteiger partial charge in [-0.15, -0.1) is 0 Å². The summed E-state index contributed by atoms with van der Waals surface area (Å²) in [5, 5.41) is 1.20. The molecule has 2 fully saturated rings. The quantitative estimate of drug-likeness (QED) is 0.328. The van der Waals surface area contributed by atoms with E-state index in [1.807, 2.05) is 0 Å². The highest BCUT2D eigenvalue weighted by atomic mass is 35.5. The average Bonchev–Trinajstić information content (AvgIpc) is 2.88. The maximum atomic E-state index is 7.01. The van der Waals surface area contributed by atoms with E-state index in [4.69, 9.17) is 11.6 Å². The van der Waals surface area contributed by atoms with E-state index in [9.17, 15) is 0 Å². The molecule has 4 rings (SSSR count). The smallest absolute Gasteiger partial charge is 0.0181 e. The third-order valence-corrected chi connectivity index (χ3v) is 10.5. The van der Waals surface area contributed by atoms with Crippen LogP contribution in [0, 0.1) is 23.7 Å². The van der Waals surface area contributed by atoms with Crippen molar-refractivity contribution in [3.63, 3.8) is 0 Å². The molecule has 0 saturated heterocycles. The number of allylic oxidation sites excluding steroid dienone is 2. The summed E-state index contributed by atoms with van der Waals surface area (Å²) in [5.41, 5.74) is 4.71. The summed E-state index contributed by atoms with van der Waals surface area (Å²) in [6.45, 7) is 7.14. The lowest BCUT2D eigenvalue weighted by Gasteiger charge is -2.36. The number of halogens is 1. The lowest BCUT2D eigenvalue weighted by molar-refractivity contribution is 0.218. The van der Waals surface area contributed by atoms with Gasteiger partial charge in [0.2, 0.25) is 0 Å². The molecule has 1 aromatic rings. The standard InChI is InChI=1S/C33H51Cl/c1-4-6-8-26-9-13-27(14-10-26)24(3)32-22-21-31(23-33(32)34)30-19-17-29(18-20-30)28-15-11-25(7-5-2)12-16-28/h17-20,24-28,31H,4-16,21-23H2,1-3H3/t24?,25-,26-,27-,28-,31?. The summed E-state index contributed by atoms with van der Waals surface area (Å²) in [4.78, 5) is 0. The van der Waals surface area contributed by atoms with E-state index in [0.717, 1.165) is 30.1 Å². The number of hydrogen-bond acceptors (Lipinski definition) is 0. The minimum Gasteiger partial charge on any atom is -0.0892 e. The van der Waals surface area contributed by atoms with Crippen LogP contribution in [0.3, 0.4) is 0 Å². The van der Waals surface area contributed by atoms with Gasteiger partial charge in [-0.25, -0.2) is 0 Å². The van der Waals surface area contributed by atoms with Gasteiger partial charge in [0.15, 0.2) is 0 Å². The Balaban J connectivity index is 1.29. The first-order chi connectivity index (χ1) is 16.6. The SMILES string of the molecule is CCCC[C@H]1CC[C@H](C(C)C2=C(Cl)CC(c3ccc([C@H]4CC[C@H](CCC)CC4)cc3)CC2)CC1. The van der Waals surface area contributed by atoms with Crippen molar-refractivity contribution in [2.45, 2.75) is 135 Å². The summed E-state index contributed by atoms with van der Waals surface area (Å²) in [7, 11) is 0. The van der Waals surface area contributed by atoms with Crippen LogP contribution in [0.4, 0.5) is 0 Å². The highest BCUT2D eigenvalue weighted by molar-refractivity contribution is 6.30. The van der Waals surface area contributed by atoms with E-state index < -0.39 is 0 Å². The van der Waals surface area contributed by atoms with E-state index in [0.29, 0.717) is 11.8 Å². The van der Waals surface area contributed by atoms with Crippen LogP contribution in [-0.2, 0) is 0 Å². The van der Waals surface area contributed by atoms with Gasteiger partial charge in [-0.3, -0.25) is 0 Å². The molecule has 34 heavy (non-hydrogen) atoms. The summed E-state index contributed by atoms with van der Waals surface area (Å²) in [6, 6.07) is 9.78. The Morgan fingerprint density at radius 1 is 0.735 bits per heavy atom. The number of rotatable bonds is 9. The molecule has 0 N–H and O–H groups in total. The van der Waals surface area contributed by atoms with Crippen molar-refractivity contribution in [3.8, 4) is 0 Å². The normalized spacial score (nSPS) is 31.5. The zero-order valence-electron chi connectivity index (χ0n) is 22.5. The Morgan fingerprint density at radius 3 is 1.91 bits per heavy atom. The molecule has 0 heterocycles. The van der Waals surface area contributed by atoms with Gasteiger partial charge in [0.05, 0.1) is 0 Å². The first-order valence-corrected chi connectivity index (χ1v) is 15.4. The highest BCUT2D eigenvalue weighted by Crippen LogP contribution is 2.46. The maximum Gasteiger partial charge on any atom is 0.0181 e. The topological polar surface area (TPSA) is 0 Å². The summed E-state index contributed by atoms with van der Waals surface area (Å²) in [6.07, 6.45) is 22.0. The van der Waals surface area contributed by atoms with Crippen molar-refractivity contribution < 1.29 is 0 Å². The zero-order chi connectivity index (χ0) is 23.9. The minimum atomic E-state index is 0.613. The molecule has 0 amide bonds. The van der Waals surface area contributed by atoms with Gasteiger partial charge in [0.25, 0.3) is 0 Å². The molecule has 190 valence electrons. The van der Waals surface area contributed by atoms with Crippen molar-refractivity contribution in [1.29, 1.82) is 0 Å². The van der Waals surface area contributed by atoms with Gasteiger partial charge in [0, 0.05) is 5.03 Å². The molecule has 1 aromatic carbocycles. The van der Waals surface area contributed by atoms with Crippen LogP contribution in [0.5, 0.6) is 0 Å². The number of unbranched alkanes of at least 4 members (excludes halogenated alkanes) is 1. The van der Waals surface area contributed by atoms with E-state index in [1.165, 1.54) is 107 Å². The van der Waals surface area contributed by atoms with Crippen LogP contribution in [0.1, 0.15) is 146 Å². The van der Waals surface area contributed by atoms with Crippen LogP contribution in [-0.4, -0.2) is 0 Å². The lowest BCUT2D eigenvalue weighted by atomic mass is 9.70. The fourth-order valence-corrected chi connectivity index (χ4v) is 8.11. The molecule has 3 aliphatic carbocycles. The Bertz CT molecular complexity index is 758. The fraction of sp³-hybridized carbons (Fsp3) is 0.758. The molecule has 2 atom stereocenters. The minimum absolute atomic E-state index is 0.613. The zero-order valence-corrected chi connectivity index (χ0v) is 23.2. The van der Waals surface area contributed by atoms with Gasteiger partial charge in [-0.05, 0) is 104 Å². The second-order valence-corrected chi connectivity index (χ2v) is 12.7. The molecular weight excluding hydrogens is 432 g/mol. The second-order valence-electron chi connectivity index (χ2n) is 12.3. The second kappa shape index (κ2) is 13.0. The van der Waals surface area contributed by atoms with Crippen molar-refractivity contribution in [3.05, 3.63) is 46.0 Å². The van der Waals surface area contributed by atoms with Gasteiger partial charge in [-0.2, -0.15) is 0 Å². The van der Waals surface area contributed by atoms with E-state index in [-0.39, 0.29) is 0 Å². The Kier molecular flexibility index (Phi) is 10.1. The van der Waals surface area contributed by atoms with E-state index in [2.05, 4.69) is 45.0 Å². The van der Waals surface area contributed by atoms with Crippen LogP contribution in [0.15, 0.2) is 34.9 Å². The van der Waals surface area contributed by atoms with Crippen molar-refractivity contribution in [1.82, 2.24) is 0 Å². The van der Waals surface area contributed by atoms with Gasteiger partial charge < -0.3 is 0 Å². The van der Waals surface area contributed by atoms with Crippen molar-refractivity contribution in [2.75, 3.05) is 0 Å². The van der Waals surface area contributed by atoms with E-state index >= 15 is 0 Å². The predicted molar refractivity (Wildman–Crippen MR) is 150 cm³/mol. The van der Waals surface area contributed by atoms with Crippen LogP contribution < -0.4 is 0 Å². The Labute approximate surface area is 216 Å². The molecule has 0 aromatic heterocycles. The molecule has 0 radical (unpaired) electrons. The third-order valence-electron chi connectivity index (χ3n) is 10.1. The molecule has 2 saturated carbocycles. The Hall–Kier alpha value is -0.750. The number of hydrogen-bond donors (Lipinski definition) is 0. The molecule has 3 aliphatic rings. The molecule has 0 bridgehead atoms. The molecule has 2 unspecified atom stereocenters. The van der Waals surface area contributed by atoms with Crippen LogP contribution in [0.25, 0.3) is 0 Å². The van der Waals surface area contributed by atoms with Crippen LogP contribution in [0.2, 0.25) is 0 Å². The van der Waals surface area contributed by atoms with Crippen molar-refractivity contribution >= 4 is 11.6 Å². The largest absolute Gasteiger partial charge is 0.0892 e. The molecule has 0 aliphatic heterocycles. The molecular formula is C33H51Cl. The molecule has 0 spiro atoms. The summed E-state index contributed by atoms with van der Waals surface area (Å²) >= 11 is 7.01. The van der Waals surface area contributed by atoms with Gasteiger partial charge >= 0.3 is 0 Å². The first kappa shape index (κ1) is 26.3. The van der Waals surface area contributed by atoms with E-state index in [1.54, 1.807) is 11.1 Å². The van der Waals surface area contributed by atoms with Gasteiger partial charge in [0.1, 0.15) is 0 Å². The predicted octanol–water partition coefficient (Wildman–Crippen LogP) is 11.2. The fourth-order valence-electron chi connectivity index (χ4n) is 7.66. The number of benzene rings is 1. The van der Waals surface area contributed by atoms with Crippen LogP contribution >= 0.6 is 11.6 Å².